The summed E-state index contributed by atoms with van der Waals surface area (Å²) in [7, 11) is 1.09. The molecule has 1 aromatic heterocycles. The van der Waals surface area contributed by atoms with Crippen LogP contribution in [0.5, 0.6) is 0 Å². The molecule has 12 heteroatoms. The van der Waals surface area contributed by atoms with Crippen molar-refractivity contribution in [2.24, 2.45) is 0 Å². The normalized spacial score (nSPS) is 14.3. The van der Waals surface area contributed by atoms with Gasteiger partial charge in [0, 0.05) is 25.7 Å². The van der Waals surface area contributed by atoms with E-state index < -0.39 is 32.5 Å². The lowest BCUT2D eigenvalue weighted by atomic mass is 10.0. The Morgan fingerprint density at radius 2 is 1.16 bits per heavy atom. The van der Waals surface area contributed by atoms with Crippen LogP contribution in [-0.2, 0) is 45.5 Å². The van der Waals surface area contributed by atoms with E-state index in [1.165, 1.54) is 80.4 Å². The molecule has 1 heterocycles. The first kappa shape index (κ1) is 59.2. The lowest BCUT2D eigenvalue weighted by Crippen LogP contribution is -2.37. The first-order valence-electron chi connectivity index (χ1n) is 24.7. The third kappa shape index (κ3) is 34.5. The van der Waals surface area contributed by atoms with Gasteiger partial charge in [0.05, 0.1) is 33.9 Å². The van der Waals surface area contributed by atoms with Crippen LogP contribution in [0, 0.1) is 13.8 Å². The average Bonchev–Trinajstić information content (AvgIpc) is 3.50. The fraction of sp³-hybridized carbons (Fsp3) is 0.731. The van der Waals surface area contributed by atoms with E-state index in [1.54, 1.807) is 0 Å². The van der Waals surface area contributed by atoms with Crippen LogP contribution in [-0.4, -0.2) is 81.2 Å². The van der Waals surface area contributed by atoms with Crippen molar-refractivity contribution >= 4 is 19.8 Å². The van der Waals surface area contributed by atoms with Crippen molar-refractivity contribution in [2.45, 2.75) is 200 Å². The van der Waals surface area contributed by atoms with Crippen molar-refractivity contribution < 1.29 is 51.6 Å². The molecule has 1 rings (SSSR count). The Bertz CT molecular complexity index is 1520. The number of likely N-dealkylation sites (N-methyl/N-ethyl adjacent to an activating group) is 1. The molecule has 1 aromatic rings. The Kier molecular flexibility index (Phi) is 34.5. The Morgan fingerprint density at radius 3 is 1.69 bits per heavy atom. The zero-order chi connectivity index (χ0) is 47.3. The van der Waals surface area contributed by atoms with Crippen molar-refractivity contribution in [1.29, 1.82) is 0 Å². The quantitative estimate of drug-likeness (QED) is 0.0221. The number of hydrogen-bond acceptors (Lipinski definition) is 10. The monoisotopic (exact) mass is 920 g/mol. The van der Waals surface area contributed by atoms with Gasteiger partial charge in [-0.25, -0.2) is 0 Å². The lowest BCUT2D eigenvalue weighted by Gasteiger charge is -2.28. The number of ether oxygens (including phenoxy) is 2. The SMILES string of the molecule is CCCCCc1oc(CCCCCCCCCCCCC(=O)OC[C@H](COP(=O)([O-])OCC[N+](C)(C)C)OC(=O)CCC/C=C\C/C=C\C/C=C\C/C=C\CCC[C@H](C)O)c(C)c1C. The van der Waals surface area contributed by atoms with Gasteiger partial charge in [-0.2, -0.15) is 0 Å². The molecular weight excluding hydrogens is 830 g/mol. The topological polar surface area (TPSA) is 145 Å². The molecule has 0 aliphatic rings. The van der Waals surface area contributed by atoms with E-state index in [-0.39, 0.29) is 32.2 Å². The molecular formula is C52H90NO10P. The highest BCUT2D eigenvalue weighted by Crippen LogP contribution is 2.38. The second kappa shape index (κ2) is 37.3. The van der Waals surface area contributed by atoms with Crippen molar-refractivity contribution in [2.75, 3.05) is 47.5 Å². The molecule has 11 nitrogen and oxygen atoms in total. The third-order valence-corrected chi connectivity index (χ3v) is 12.0. The summed E-state index contributed by atoms with van der Waals surface area (Å²) < 4.78 is 40.2. The summed E-state index contributed by atoms with van der Waals surface area (Å²) in [6.45, 7) is 8.04. The maximum absolute atomic E-state index is 12.7. The van der Waals surface area contributed by atoms with Crippen LogP contribution in [0.25, 0.3) is 0 Å². The number of unbranched alkanes of at least 4 members (excludes halogenated alkanes) is 13. The molecule has 0 spiro atoms. The minimum absolute atomic E-state index is 0.0537. The van der Waals surface area contributed by atoms with Gasteiger partial charge < -0.3 is 37.4 Å². The van der Waals surface area contributed by atoms with Crippen molar-refractivity contribution in [3.63, 3.8) is 0 Å². The van der Waals surface area contributed by atoms with Crippen LogP contribution >= 0.6 is 7.82 Å². The van der Waals surface area contributed by atoms with E-state index in [0.29, 0.717) is 30.3 Å². The van der Waals surface area contributed by atoms with Crippen LogP contribution in [0.2, 0.25) is 0 Å². The first-order chi connectivity index (χ1) is 30.6. The van der Waals surface area contributed by atoms with E-state index in [9.17, 15) is 24.2 Å². The predicted molar refractivity (Wildman–Crippen MR) is 259 cm³/mol. The van der Waals surface area contributed by atoms with Gasteiger partial charge in [0.15, 0.2) is 6.10 Å². The van der Waals surface area contributed by atoms with Crippen LogP contribution in [0.4, 0.5) is 0 Å². The van der Waals surface area contributed by atoms with Gasteiger partial charge in [0.1, 0.15) is 31.3 Å². The van der Waals surface area contributed by atoms with E-state index in [1.807, 2.05) is 34.1 Å². The molecule has 0 radical (unpaired) electrons. The Balaban J connectivity index is 2.33. The number of allylic oxidation sites excluding steroid dienone is 8. The minimum Gasteiger partial charge on any atom is -0.756 e. The summed E-state index contributed by atoms with van der Waals surface area (Å²) in [6.07, 6.45) is 39.5. The fourth-order valence-corrected chi connectivity index (χ4v) is 7.63. The molecule has 1 unspecified atom stereocenters. The van der Waals surface area contributed by atoms with Gasteiger partial charge in [-0.05, 0) is 103 Å². The number of hydrogen-bond donors (Lipinski definition) is 1. The highest BCUT2D eigenvalue weighted by molar-refractivity contribution is 7.45. The predicted octanol–water partition coefficient (Wildman–Crippen LogP) is 12.2. The number of quaternary nitrogens is 1. The fourth-order valence-electron chi connectivity index (χ4n) is 6.90. The molecule has 3 atom stereocenters. The molecule has 0 saturated heterocycles. The average molecular weight is 920 g/mol. The number of furan rings is 1. The second-order valence-corrected chi connectivity index (χ2v) is 19.8. The lowest BCUT2D eigenvalue weighted by molar-refractivity contribution is -0.870. The van der Waals surface area contributed by atoms with E-state index in [0.717, 1.165) is 70.6 Å². The highest BCUT2D eigenvalue weighted by Gasteiger charge is 2.22. The summed E-state index contributed by atoms with van der Waals surface area (Å²) in [5.41, 5.74) is 2.68. The zero-order valence-corrected chi connectivity index (χ0v) is 42.2. The molecule has 1 N–H and O–H groups in total. The number of esters is 2. The van der Waals surface area contributed by atoms with Crippen molar-refractivity contribution in [3.05, 3.63) is 71.3 Å². The largest absolute Gasteiger partial charge is 0.756 e. The van der Waals surface area contributed by atoms with Gasteiger partial charge in [0.2, 0.25) is 0 Å². The molecule has 0 aliphatic heterocycles. The summed E-state index contributed by atoms with van der Waals surface area (Å²) in [5.74, 6) is 1.43. The number of phosphoric acid groups is 1. The number of carbonyl (C=O) groups excluding carboxylic acids is 2. The smallest absolute Gasteiger partial charge is 0.306 e. The van der Waals surface area contributed by atoms with Crippen molar-refractivity contribution in [3.8, 4) is 0 Å². The van der Waals surface area contributed by atoms with Gasteiger partial charge in [0.25, 0.3) is 7.82 Å². The number of aryl methyl sites for hydroxylation is 2. The Hall–Kier alpha value is -2.79. The van der Waals surface area contributed by atoms with Crippen molar-refractivity contribution in [1.82, 2.24) is 0 Å². The number of aliphatic hydroxyl groups is 1. The molecule has 0 fully saturated rings. The standard InChI is InChI=1S/C52H90NO10P/c1-8-9-31-37-49-46(3)47(4)50(63-49)38-33-28-24-20-17-18-21-25-29-34-39-51(55)59-43-48(44-61-64(57,58)60-42-41-53(5,6)7)62-52(56)40-35-30-26-22-16-14-12-10-11-13-15-19-23-27-32-36-45(2)54/h11-14,19,22-23,26,45,48,54H,8-10,15-18,20-21,24-25,27-44H2,1-7H3/b13-11-,14-12-,23-19-,26-22-/t45-,48+/m0/s1. The number of rotatable bonds is 41. The highest BCUT2D eigenvalue weighted by atomic mass is 31.2. The zero-order valence-electron chi connectivity index (χ0n) is 41.3. The molecule has 368 valence electrons. The van der Waals surface area contributed by atoms with Gasteiger partial charge in [-0.1, -0.05) is 120 Å². The third-order valence-electron chi connectivity index (χ3n) is 11.1. The van der Waals surface area contributed by atoms with Gasteiger partial charge in [-0.15, -0.1) is 0 Å². The van der Waals surface area contributed by atoms with Crippen LogP contribution in [0.1, 0.15) is 184 Å². The molecule has 0 saturated carbocycles. The van der Waals surface area contributed by atoms with E-state index in [4.69, 9.17) is 22.9 Å². The number of phosphoric ester groups is 1. The number of carbonyl (C=O) groups is 2. The number of aliphatic hydroxyl groups excluding tert-OH is 1. The van der Waals surface area contributed by atoms with Gasteiger partial charge in [-0.3, -0.25) is 14.2 Å². The summed E-state index contributed by atoms with van der Waals surface area (Å²) >= 11 is 0. The number of nitrogens with zero attached hydrogens (tertiary/aromatic N) is 1. The summed E-state index contributed by atoms with van der Waals surface area (Å²) in [5, 5.41) is 9.29. The molecule has 0 aliphatic carbocycles. The maximum atomic E-state index is 12.7. The Labute approximate surface area is 389 Å². The molecule has 64 heavy (non-hydrogen) atoms. The van der Waals surface area contributed by atoms with E-state index >= 15 is 0 Å². The molecule has 0 aromatic carbocycles. The minimum atomic E-state index is -4.66. The van der Waals surface area contributed by atoms with Crippen LogP contribution in [0.3, 0.4) is 0 Å². The first-order valence-corrected chi connectivity index (χ1v) is 26.2. The van der Waals surface area contributed by atoms with Gasteiger partial charge >= 0.3 is 11.9 Å². The maximum Gasteiger partial charge on any atom is 0.306 e. The molecule has 0 bridgehead atoms. The van der Waals surface area contributed by atoms with E-state index in [2.05, 4.69) is 63.3 Å². The van der Waals surface area contributed by atoms with Crippen LogP contribution in [0.15, 0.2) is 53.0 Å². The summed E-state index contributed by atoms with van der Waals surface area (Å²) in [6, 6.07) is 0. The second-order valence-electron chi connectivity index (χ2n) is 18.3. The van der Waals surface area contributed by atoms with Crippen LogP contribution < -0.4 is 4.89 Å². The summed E-state index contributed by atoms with van der Waals surface area (Å²) in [4.78, 5) is 37.7. The Morgan fingerprint density at radius 1 is 0.672 bits per heavy atom. The molecule has 0 amide bonds.